The van der Waals surface area contributed by atoms with Crippen molar-refractivity contribution in [3.05, 3.63) is 64.2 Å². The molecule has 4 aromatic rings. The molecule has 3 aromatic heterocycles. The Hall–Kier alpha value is -4.76. The van der Waals surface area contributed by atoms with Gasteiger partial charge in [-0.25, -0.2) is 9.67 Å². The molecule has 0 radical (unpaired) electrons. The van der Waals surface area contributed by atoms with E-state index in [9.17, 15) is 10.1 Å². The molecule has 232 valence electrons. The van der Waals surface area contributed by atoms with Crippen LogP contribution >= 0.6 is 0 Å². The Balaban J connectivity index is 1.34. The first kappa shape index (κ1) is 29.0. The van der Waals surface area contributed by atoms with Crippen LogP contribution in [0, 0.1) is 11.3 Å². The fourth-order valence-corrected chi connectivity index (χ4v) is 7.69. The highest BCUT2D eigenvalue weighted by Crippen LogP contribution is 2.53. The lowest BCUT2D eigenvalue weighted by Crippen LogP contribution is -2.38. The van der Waals surface area contributed by atoms with Gasteiger partial charge in [0.1, 0.15) is 12.2 Å². The van der Waals surface area contributed by atoms with Gasteiger partial charge in [-0.3, -0.25) is 9.69 Å². The number of nitriles is 1. The predicted octanol–water partition coefficient (Wildman–Crippen LogP) is 3.95. The minimum Gasteiger partial charge on any atom is -0.473 e. The smallest absolute Gasteiger partial charge is 0.271 e. The third-order valence-electron chi connectivity index (χ3n) is 9.83. The quantitative estimate of drug-likeness (QED) is 0.307. The highest BCUT2D eigenvalue weighted by atomic mass is 16.5. The molecule has 2 aliphatic carbocycles. The number of nitrogens with two attached hydrogens (primary N) is 1. The second kappa shape index (κ2) is 11.3. The van der Waals surface area contributed by atoms with Gasteiger partial charge in [0, 0.05) is 36.6 Å². The Kier molecular flexibility index (Phi) is 7.28. The van der Waals surface area contributed by atoms with Crippen molar-refractivity contribution in [3.8, 4) is 29.3 Å². The van der Waals surface area contributed by atoms with Gasteiger partial charge >= 0.3 is 0 Å². The summed E-state index contributed by atoms with van der Waals surface area (Å²) in [6, 6.07) is 9.91. The highest BCUT2D eigenvalue weighted by Gasteiger charge is 2.48. The van der Waals surface area contributed by atoms with Crippen LogP contribution in [-0.2, 0) is 18.3 Å². The molecule has 4 heterocycles. The zero-order valence-electron chi connectivity index (χ0n) is 25.8. The van der Waals surface area contributed by atoms with E-state index in [0.717, 1.165) is 80.4 Å². The number of carbonyl (C=O) groups excluding carboxylic acids is 1. The van der Waals surface area contributed by atoms with Crippen molar-refractivity contribution in [2.24, 2.45) is 0 Å². The van der Waals surface area contributed by atoms with E-state index in [-0.39, 0.29) is 23.7 Å². The van der Waals surface area contributed by atoms with Crippen molar-refractivity contribution in [2.75, 3.05) is 26.4 Å². The number of carbonyl (C=O) groups is 1. The summed E-state index contributed by atoms with van der Waals surface area (Å²) in [5, 5.41) is 21.8. The lowest BCUT2D eigenvalue weighted by Gasteiger charge is -2.41. The summed E-state index contributed by atoms with van der Waals surface area (Å²) in [6.07, 6.45) is 8.94. The summed E-state index contributed by atoms with van der Waals surface area (Å²) in [7, 11) is 3.68. The summed E-state index contributed by atoms with van der Waals surface area (Å²) in [6.45, 7) is 3.09. The Bertz CT molecular complexity index is 1820. The van der Waals surface area contributed by atoms with Crippen LogP contribution in [0.3, 0.4) is 0 Å². The standard InChI is InChI=1S/C33H37N9O3/c1-19(25-9-6-15-41(25)3)44-27-17-26(42-16-12-24(39-42)32(43)36-2)37-31(38-27)29-21-8-5-14-33(30(21)45-40-29)13-4-7-20-10-11-23(35)22(18-34)28(20)33/h10-12,16-17,19,25H,4-9,13-15,35H2,1-3H3,(H,36,43)/t19-,25-,33+/m0/s1. The second-order valence-electron chi connectivity index (χ2n) is 12.4. The molecule has 3 N–H and O–H groups in total. The molecule has 12 nitrogen and oxygen atoms in total. The molecule has 7 rings (SSSR count). The molecular formula is C33H37N9O3. The summed E-state index contributed by atoms with van der Waals surface area (Å²) in [4.78, 5) is 24.3. The highest BCUT2D eigenvalue weighted by molar-refractivity contribution is 5.91. The minimum atomic E-state index is -0.490. The van der Waals surface area contributed by atoms with Gasteiger partial charge in [-0.05, 0) is 95.1 Å². The molecule has 1 aliphatic heterocycles. The molecule has 1 spiro atoms. The maximum absolute atomic E-state index is 12.3. The average molecular weight is 608 g/mol. The van der Waals surface area contributed by atoms with Crippen LogP contribution < -0.4 is 15.8 Å². The van der Waals surface area contributed by atoms with Gasteiger partial charge in [0.05, 0.1) is 11.0 Å². The number of anilines is 1. The SMILES string of the molecule is CNC(=O)c1ccn(-c2cc(O[C@@H](C)[C@@H]3CCCN3C)nc(-c3noc4c3CCC[C@@]43CCCc4ccc(N)c(C#N)c43)n2)n1. The Labute approximate surface area is 261 Å². The molecule has 1 fully saturated rings. The molecular weight excluding hydrogens is 570 g/mol. The molecule has 3 atom stereocenters. The molecule has 3 aliphatic rings. The molecule has 1 aromatic carbocycles. The van der Waals surface area contributed by atoms with Crippen LogP contribution in [0.2, 0.25) is 0 Å². The minimum absolute atomic E-state index is 0.116. The number of aromatic nitrogens is 5. The number of fused-ring (bicyclic) bond motifs is 4. The fourth-order valence-electron chi connectivity index (χ4n) is 7.69. The number of hydrogen-bond donors (Lipinski definition) is 2. The van der Waals surface area contributed by atoms with Crippen molar-refractivity contribution >= 4 is 11.6 Å². The van der Waals surface area contributed by atoms with Crippen LogP contribution in [-0.4, -0.2) is 68.5 Å². The van der Waals surface area contributed by atoms with Crippen molar-refractivity contribution in [3.63, 3.8) is 0 Å². The number of amides is 1. The van der Waals surface area contributed by atoms with E-state index in [1.165, 1.54) is 0 Å². The number of aryl methyl sites for hydroxylation is 1. The molecule has 12 heteroatoms. The van der Waals surface area contributed by atoms with Crippen molar-refractivity contribution in [2.45, 2.75) is 75.9 Å². The van der Waals surface area contributed by atoms with Gasteiger partial charge in [0.2, 0.25) is 5.88 Å². The zero-order chi connectivity index (χ0) is 31.3. The monoisotopic (exact) mass is 607 g/mol. The van der Waals surface area contributed by atoms with Crippen LogP contribution in [0.4, 0.5) is 5.69 Å². The number of hydrogen-bond acceptors (Lipinski definition) is 10. The second-order valence-corrected chi connectivity index (χ2v) is 12.4. The van der Waals surface area contributed by atoms with E-state index in [1.807, 2.05) is 12.1 Å². The topological polar surface area (TPSA) is 161 Å². The number of likely N-dealkylation sites (tertiary alicyclic amines) is 1. The number of nitrogens with zero attached hydrogens (tertiary/aromatic N) is 7. The maximum Gasteiger partial charge on any atom is 0.271 e. The molecule has 1 saturated heterocycles. The number of nitrogen functional groups attached to an aromatic ring is 1. The van der Waals surface area contributed by atoms with Gasteiger partial charge in [-0.1, -0.05) is 11.2 Å². The van der Waals surface area contributed by atoms with Crippen LogP contribution in [0.25, 0.3) is 17.3 Å². The summed E-state index contributed by atoms with van der Waals surface area (Å²) in [5.74, 6) is 1.67. The van der Waals surface area contributed by atoms with Crippen molar-refractivity contribution < 1.29 is 14.1 Å². The first-order chi connectivity index (χ1) is 21.8. The van der Waals surface area contributed by atoms with Crippen LogP contribution in [0.5, 0.6) is 5.88 Å². The van der Waals surface area contributed by atoms with E-state index in [0.29, 0.717) is 34.5 Å². The number of ether oxygens (including phenoxy) is 1. The summed E-state index contributed by atoms with van der Waals surface area (Å²) in [5.41, 5.74) is 10.7. The van der Waals surface area contributed by atoms with Crippen molar-refractivity contribution in [1.82, 2.24) is 35.1 Å². The molecule has 1 amide bonds. The van der Waals surface area contributed by atoms with Crippen LogP contribution in [0.1, 0.15) is 84.0 Å². The maximum atomic E-state index is 12.3. The first-order valence-electron chi connectivity index (χ1n) is 15.7. The van der Waals surface area contributed by atoms with Gasteiger partial charge in [-0.2, -0.15) is 15.3 Å². The van der Waals surface area contributed by atoms with E-state index in [2.05, 4.69) is 40.5 Å². The van der Waals surface area contributed by atoms with Crippen molar-refractivity contribution in [1.29, 1.82) is 5.26 Å². The Morgan fingerprint density at radius 1 is 1.22 bits per heavy atom. The first-order valence-corrected chi connectivity index (χ1v) is 15.7. The molecule has 0 bridgehead atoms. The Morgan fingerprint density at radius 3 is 2.80 bits per heavy atom. The van der Waals surface area contributed by atoms with E-state index in [1.54, 1.807) is 30.1 Å². The number of likely N-dealkylation sites (N-methyl/N-ethyl adjacent to an activating group) is 1. The molecule has 0 unspecified atom stereocenters. The van der Waals surface area contributed by atoms with E-state index < -0.39 is 5.41 Å². The largest absolute Gasteiger partial charge is 0.473 e. The van der Waals surface area contributed by atoms with Crippen LogP contribution in [0.15, 0.2) is 35.0 Å². The van der Waals surface area contributed by atoms with Gasteiger partial charge in [-0.15, -0.1) is 0 Å². The third-order valence-corrected chi connectivity index (χ3v) is 9.83. The predicted molar refractivity (Wildman–Crippen MR) is 166 cm³/mol. The zero-order valence-corrected chi connectivity index (χ0v) is 25.8. The summed E-state index contributed by atoms with van der Waals surface area (Å²) < 4.78 is 14.3. The third kappa shape index (κ3) is 4.82. The van der Waals surface area contributed by atoms with Gasteiger partial charge in [0.25, 0.3) is 5.91 Å². The van der Waals surface area contributed by atoms with E-state index >= 15 is 0 Å². The fraction of sp³-hybridized carbons (Fsp3) is 0.455. The molecule has 0 saturated carbocycles. The Morgan fingerprint density at radius 2 is 2.04 bits per heavy atom. The van der Waals surface area contributed by atoms with E-state index in [4.69, 9.17) is 25.0 Å². The number of benzene rings is 1. The number of rotatable bonds is 6. The average Bonchev–Trinajstić information content (AvgIpc) is 3.81. The summed E-state index contributed by atoms with van der Waals surface area (Å²) >= 11 is 0. The van der Waals surface area contributed by atoms with Gasteiger partial charge in [0.15, 0.2) is 28.8 Å². The van der Waals surface area contributed by atoms with Gasteiger partial charge < -0.3 is 20.3 Å². The lowest BCUT2D eigenvalue weighted by atomic mass is 9.61. The normalized spacial score (nSPS) is 21.6. The molecule has 45 heavy (non-hydrogen) atoms. The lowest BCUT2D eigenvalue weighted by molar-refractivity contribution is 0.0957. The number of nitrogens with one attached hydrogen (secondary N) is 1.